The van der Waals surface area contributed by atoms with E-state index in [-0.39, 0.29) is 4.90 Å². The summed E-state index contributed by atoms with van der Waals surface area (Å²) in [5, 5.41) is 5.39. The normalized spacial score (nSPS) is 19.2. The van der Waals surface area contributed by atoms with Crippen LogP contribution in [0.15, 0.2) is 51.4 Å². The van der Waals surface area contributed by atoms with Gasteiger partial charge in [0.15, 0.2) is 5.17 Å². The van der Waals surface area contributed by atoms with E-state index in [2.05, 4.69) is 47.6 Å². The predicted molar refractivity (Wildman–Crippen MR) is 126 cm³/mol. The molecule has 0 radical (unpaired) electrons. The van der Waals surface area contributed by atoms with Gasteiger partial charge in [0.1, 0.15) is 0 Å². The first-order chi connectivity index (χ1) is 14.8. The Balaban J connectivity index is 1.56. The number of aliphatic imine (C=N–C) groups is 1. The average Bonchev–Trinajstić information content (AvgIpc) is 2.78. The second-order valence-corrected chi connectivity index (χ2v) is 10.6. The van der Waals surface area contributed by atoms with Gasteiger partial charge in [-0.3, -0.25) is 5.43 Å². The molecule has 0 unspecified atom stereocenters. The molecule has 31 heavy (non-hydrogen) atoms. The van der Waals surface area contributed by atoms with E-state index in [0.29, 0.717) is 47.9 Å². The Bertz CT molecular complexity index is 1160. The first kappa shape index (κ1) is 22.3. The number of halogens is 1. The fourth-order valence-corrected chi connectivity index (χ4v) is 5.59. The molecule has 1 saturated heterocycles. The number of benzene rings is 2. The first-order valence-electron chi connectivity index (χ1n) is 9.84. The van der Waals surface area contributed by atoms with Crippen LogP contribution in [0.4, 0.5) is 5.69 Å². The third kappa shape index (κ3) is 4.96. The lowest BCUT2D eigenvalue weighted by atomic mass is 10.0. The predicted octanol–water partition coefficient (Wildman–Crippen LogP) is 3.71. The van der Waals surface area contributed by atoms with Gasteiger partial charge >= 0.3 is 0 Å². The van der Waals surface area contributed by atoms with E-state index in [1.54, 1.807) is 6.07 Å². The Morgan fingerprint density at radius 3 is 2.58 bits per heavy atom. The summed E-state index contributed by atoms with van der Waals surface area (Å²) < 4.78 is 32.5. The molecule has 0 spiro atoms. The van der Waals surface area contributed by atoms with Gasteiger partial charge in [0.05, 0.1) is 34.5 Å². The lowest BCUT2D eigenvalue weighted by Crippen LogP contribution is -2.40. The van der Waals surface area contributed by atoms with Gasteiger partial charge in [0, 0.05) is 18.8 Å². The summed E-state index contributed by atoms with van der Waals surface area (Å²) in [7, 11) is -3.62. The van der Waals surface area contributed by atoms with Crippen molar-refractivity contribution in [2.75, 3.05) is 32.1 Å². The molecule has 2 aliphatic rings. The molecule has 0 atom stereocenters. The third-order valence-electron chi connectivity index (χ3n) is 5.22. The zero-order chi connectivity index (χ0) is 22.0. The molecule has 10 heteroatoms. The lowest BCUT2D eigenvalue weighted by Gasteiger charge is -2.26. The zero-order valence-electron chi connectivity index (χ0n) is 17.3. The maximum atomic E-state index is 12.9. The molecule has 0 bridgehead atoms. The standard InChI is InChI=1S/C21H23ClN4O3S2/c1-14-3-4-16(11-15(14)2)20-13-30-21(25-24-20)23-19-12-17(5-6-18(19)22)31(27,28)26-7-9-29-10-8-26/h3-6,11-12H,7-10,13H2,1-2H3,(H,23,25). The fraction of sp³-hybridized carbons (Fsp3) is 0.333. The number of hydrogen-bond donors (Lipinski definition) is 1. The van der Waals surface area contributed by atoms with Crippen LogP contribution in [-0.2, 0) is 14.8 Å². The molecule has 2 aromatic rings. The summed E-state index contributed by atoms with van der Waals surface area (Å²) >= 11 is 7.79. The number of ether oxygens (including phenoxy) is 1. The minimum atomic E-state index is -3.62. The van der Waals surface area contributed by atoms with E-state index in [1.165, 1.54) is 39.3 Å². The number of rotatable bonds is 4. The molecule has 0 aromatic heterocycles. The van der Waals surface area contributed by atoms with E-state index < -0.39 is 10.0 Å². The van der Waals surface area contributed by atoms with Crippen LogP contribution in [0.5, 0.6) is 0 Å². The molecule has 2 heterocycles. The summed E-state index contributed by atoms with van der Waals surface area (Å²) in [5.74, 6) is 0.651. The number of nitrogens with zero attached hydrogens (tertiary/aromatic N) is 3. The van der Waals surface area contributed by atoms with Crippen LogP contribution in [0.1, 0.15) is 16.7 Å². The minimum Gasteiger partial charge on any atom is -0.379 e. The number of sulfonamides is 1. The molecule has 0 aliphatic carbocycles. The molecule has 4 rings (SSSR count). The maximum absolute atomic E-state index is 12.9. The summed E-state index contributed by atoms with van der Waals surface area (Å²) in [6, 6.07) is 10.8. The van der Waals surface area contributed by atoms with Crippen molar-refractivity contribution < 1.29 is 13.2 Å². The highest BCUT2D eigenvalue weighted by atomic mass is 35.5. The van der Waals surface area contributed by atoms with Crippen LogP contribution in [0.2, 0.25) is 5.02 Å². The number of hydrazone groups is 1. The van der Waals surface area contributed by atoms with E-state index in [0.717, 1.165) is 11.3 Å². The van der Waals surface area contributed by atoms with Crippen molar-refractivity contribution in [3.05, 3.63) is 58.1 Å². The van der Waals surface area contributed by atoms with Crippen LogP contribution in [-0.4, -0.2) is 55.7 Å². The highest BCUT2D eigenvalue weighted by molar-refractivity contribution is 8.14. The number of hydrogen-bond acceptors (Lipinski definition) is 6. The van der Waals surface area contributed by atoms with Gasteiger partial charge in [-0.25, -0.2) is 13.4 Å². The van der Waals surface area contributed by atoms with Crippen molar-refractivity contribution in [1.82, 2.24) is 9.73 Å². The van der Waals surface area contributed by atoms with E-state index in [1.807, 2.05) is 0 Å². The van der Waals surface area contributed by atoms with Gasteiger partial charge in [0.25, 0.3) is 0 Å². The Morgan fingerprint density at radius 2 is 1.90 bits per heavy atom. The van der Waals surface area contributed by atoms with Crippen LogP contribution in [0, 0.1) is 13.8 Å². The first-order valence-corrected chi connectivity index (χ1v) is 12.6. The van der Waals surface area contributed by atoms with Crippen LogP contribution < -0.4 is 5.43 Å². The van der Waals surface area contributed by atoms with Gasteiger partial charge in [0.2, 0.25) is 10.0 Å². The second kappa shape index (κ2) is 9.30. The van der Waals surface area contributed by atoms with Crippen LogP contribution >= 0.6 is 23.4 Å². The fourth-order valence-electron chi connectivity index (χ4n) is 3.23. The van der Waals surface area contributed by atoms with Crippen molar-refractivity contribution in [3.8, 4) is 0 Å². The van der Waals surface area contributed by atoms with Gasteiger partial charge in [-0.15, -0.1) is 0 Å². The van der Waals surface area contributed by atoms with Crippen molar-refractivity contribution >= 4 is 50.0 Å². The average molecular weight is 479 g/mol. The number of amidine groups is 1. The van der Waals surface area contributed by atoms with Crippen LogP contribution in [0.25, 0.3) is 0 Å². The maximum Gasteiger partial charge on any atom is 0.243 e. The third-order valence-corrected chi connectivity index (χ3v) is 8.31. The molecular weight excluding hydrogens is 456 g/mol. The smallest absolute Gasteiger partial charge is 0.243 e. The zero-order valence-corrected chi connectivity index (χ0v) is 19.6. The molecule has 1 N–H and O–H groups in total. The SMILES string of the molecule is Cc1ccc(C2=NNC(=Nc3cc(S(=O)(=O)N4CCOCC4)ccc3Cl)SC2)cc1C. The van der Waals surface area contributed by atoms with Gasteiger partial charge in [-0.05, 0) is 54.8 Å². The van der Waals surface area contributed by atoms with Gasteiger partial charge < -0.3 is 4.74 Å². The minimum absolute atomic E-state index is 0.165. The summed E-state index contributed by atoms with van der Waals surface area (Å²) in [6.07, 6.45) is 0. The van der Waals surface area contributed by atoms with Crippen molar-refractivity contribution in [1.29, 1.82) is 0 Å². The molecule has 164 valence electrons. The second-order valence-electron chi connectivity index (χ2n) is 7.30. The molecule has 0 saturated carbocycles. The highest BCUT2D eigenvalue weighted by Gasteiger charge is 2.27. The Kier molecular flexibility index (Phi) is 6.68. The molecule has 7 nitrogen and oxygen atoms in total. The lowest BCUT2D eigenvalue weighted by molar-refractivity contribution is 0.0730. The van der Waals surface area contributed by atoms with Gasteiger partial charge in [-0.2, -0.15) is 9.41 Å². The molecule has 2 aliphatic heterocycles. The number of thioether (sulfide) groups is 1. The van der Waals surface area contributed by atoms with Crippen molar-refractivity contribution in [2.24, 2.45) is 10.1 Å². The van der Waals surface area contributed by atoms with Crippen LogP contribution in [0.3, 0.4) is 0 Å². The van der Waals surface area contributed by atoms with E-state index >= 15 is 0 Å². The molecule has 1 fully saturated rings. The topological polar surface area (TPSA) is 83.4 Å². The van der Waals surface area contributed by atoms with E-state index in [9.17, 15) is 8.42 Å². The molecular formula is C21H23ClN4O3S2. The van der Waals surface area contributed by atoms with Crippen molar-refractivity contribution in [2.45, 2.75) is 18.7 Å². The number of nitrogens with one attached hydrogen (secondary N) is 1. The number of aryl methyl sites for hydroxylation is 2. The number of morpholine rings is 1. The molecule has 2 aromatic carbocycles. The largest absolute Gasteiger partial charge is 0.379 e. The molecule has 0 amide bonds. The quantitative estimate of drug-likeness (QED) is 0.724. The Labute approximate surface area is 191 Å². The summed E-state index contributed by atoms with van der Waals surface area (Å²) in [6.45, 7) is 5.61. The van der Waals surface area contributed by atoms with E-state index in [4.69, 9.17) is 16.3 Å². The highest BCUT2D eigenvalue weighted by Crippen LogP contribution is 2.31. The Hall–Kier alpha value is -1.91. The summed E-state index contributed by atoms with van der Waals surface area (Å²) in [5.41, 5.74) is 7.81. The summed E-state index contributed by atoms with van der Waals surface area (Å²) in [4.78, 5) is 4.68. The van der Waals surface area contributed by atoms with Gasteiger partial charge in [-0.1, -0.05) is 35.5 Å². The monoisotopic (exact) mass is 478 g/mol. The van der Waals surface area contributed by atoms with Crippen molar-refractivity contribution in [3.63, 3.8) is 0 Å². The Morgan fingerprint density at radius 1 is 1.13 bits per heavy atom.